The summed E-state index contributed by atoms with van der Waals surface area (Å²) >= 11 is 4.80. The molecule has 3 nitrogen and oxygen atoms in total. The quantitative estimate of drug-likeness (QED) is 0.838. The summed E-state index contributed by atoms with van der Waals surface area (Å²) in [6, 6.07) is 0. The highest BCUT2D eigenvalue weighted by atomic mass is 79.9. The maximum Gasteiger partial charge on any atom is 0.233 e. The first-order valence-electron chi connectivity index (χ1n) is 4.00. The summed E-state index contributed by atoms with van der Waals surface area (Å²) in [6.45, 7) is 2.46. The monoisotopic (exact) mass is 262 g/mol. The summed E-state index contributed by atoms with van der Waals surface area (Å²) in [5.41, 5.74) is 0. The van der Waals surface area contributed by atoms with Gasteiger partial charge in [-0.05, 0) is 6.92 Å². The lowest BCUT2D eigenvalue weighted by Gasteiger charge is -2.04. The van der Waals surface area contributed by atoms with Crippen molar-refractivity contribution in [2.45, 2.75) is 18.2 Å². The van der Waals surface area contributed by atoms with Gasteiger partial charge in [0.15, 0.2) is 0 Å². The zero-order valence-electron chi connectivity index (χ0n) is 7.29. The topological polar surface area (TPSA) is 42.0 Å². The largest absolute Gasteiger partial charge is 0.355 e. The maximum absolute atomic E-state index is 11.1. The van der Waals surface area contributed by atoms with Crippen molar-refractivity contribution < 1.29 is 4.79 Å². The first-order valence-corrected chi connectivity index (χ1v) is 5.80. The summed E-state index contributed by atoms with van der Waals surface area (Å²) in [5, 5.41) is 5.79. The molecule has 0 aliphatic heterocycles. The highest BCUT2D eigenvalue weighted by molar-refractivity contribution is 9.10. The molecule has 0 aromatic carbocycles. The van der Waals surface area contributed by atoms with E-state index in [1.165, 1.54) is 0 Å². The van der Waals surface area contributed by atoms with Gasteiger partial charge in [-0.2, -0.15) is 0 Å². The van der Waals surface area contributed by atoms with Crippen molar-refractivity contribution in [1.29, 1.82) is 0 Å². The van der Waals surface area contributed by atoms with Gasteiger partial charge in [-0.25, -0.2) is 4.98 Å². The fraction of sp³-hybridized carbons (Fsp3) is 0.500. The molecule has 1 N–H and O–H groups in total. The highest BCUT2D eigenvalue weighted by Gasteiger charge is 2.06. The van der Waals surface area contributed by atoms with Gasteiger partial charge in [0, 0.05) is 24.5 Å². The van der Waals surface area contributed by atoms with Crippen molar-refractivity contribution in [3.63, 3.8) is 0 Å². The van der Waals surface area contributed by atoms with E-state index in [-0.39, 0.29) is 10.7 Å². The number of hydrogen-bond acceptors (Lipinski definition) is 3. The molecule has 0 saturated carbocycles. The Morgan fingerprint density at radius 1 is 1.85 bits per heavy atom. The van der Waals surface area contributed by atoms with Crippen LogP contribution in [-0.2, 0) is 11.2 Å². The highest BCUT2D eigenvalue weighted by Crippen LogP contribution is 2.03. The lowest BCUT2D eigenvalue weighted by atomic mass is 10.4. The van der Waals surface area contributed by atoms with E-state index in [0.29, 0.717) is 6.54 Å². The van der Waals surface area contributed by atoms with Gasteiger partial charge in [-0.3, -0.25) is 4.79 Å². The van der Waals surface area contributed by atoms with E-state index < -0.39 is 0 Å². The normalized spacial score (nSPS) is 12.5. The van der Waals surface area contributed by atoms with Crippen molar-refractivity contribution in [2.75, 3.05) is 6.54 Å². The molecule has 13 heavy (non-hydrogen) atoms. The van der Waals surface area contributed by atoms with Crippen LogP contribution in [0.2, 0.25) is 0 Å². The van der Waals surface area contributed by atoms with Crippen LogP contribution in [0.15, 0.2) is 11.6 Å². The van der Waals surface area contributed by atoms with Crippen LogP contribution in [0.5, 0.6) is 0 Å². The van der Waals surface area contributed by atoms with E-state index in [0.717, 1.165) is 11.4 Å². The van der Waals surface area contributed by atoms with Crippen LogP contribution in [0.4, 0.5) is 0 Å². The molecule has 5 heteroatoms. The van der Waals surface area contributed by atoms with Crippen molar-refractivity contribution >= 4 is 33.2 Å². The number of amides is 1. The van der Waals surface area contributed by atoms with Gasteiger partial charge in [0.05, 0.1) is 9.83 Å². The minimum absolute atomic E-state index is 0.0246. The molecule has 1 amide bonds. The van der Waals surface area contributed by atoms with E-state index in [4.69, 9.17) is 0 Å². The second kappa shape index (κ2) is 5.34. The lowest BCUT2D eigenvalue weighted by Crippen LogP contribution is -2.30. The zero-order chi connectivity index (χ0) is 9.68. The molecule has 1 heterocycles. The van der Waals surface area contributed by atoms with E-state index in [2.05, 4.69) is 26.2 Å². The van der Waals surface area contributed by atoms with Crippen LogP contribution in [-0.4, -0.2) is 22.3 Å². The van der Waals surface area contributed by atoms with Gasteiger partial charge < -0.3 is 5.32 Å². The number of rotatable bonds is 4. The Balaban J connectivity index is 2.18. The Bertz CT molecular complexity index is 261. The van der Waals surface area contributed by atoms with Crippen LogP contribution in [0.1, 0.15) is 11.9 Å². The third-order valence-electron chi connectivity index (χ3n) is 1.48. The second-order valence-electron chi connectivity index (χ2n) is 2.58. The molecule has 1 unspecified atom stereocenters. The number of hydrogen-bond donors (Lipinski definition) is 1. The predicted molar refractivity (Wildman–Crippen MR) is 57.2 cm³/mol. The molecule has 0 saturated heterocycles. The molecule has 0 bridgehead atoms. The average Bonchev–Trinajstić information content (AvgIpc) is 2.56. The lowest BCUT2D eigenvalue weighted by molar-refractivity contribution is -0.120. The molecule has 0 spiro atoms. The van der Waals surface area contributed by atoms with E-state index in [1.807, 2.05) is 5.38 Å². The summed E-state index contributed by atoms with van der Waals surface area (Å²) in [4.78, 5) is 15.1. The Morgan fingerprint density at radius 2 is 2.62 bits per heavy atom. The Morgan fingerprint density at radius 3 is 3.15 bits per heavy atom. The van der Waals surface area contributed by atoms with Gasteiger partial charge in [0.1, 0.15) is 0 Å². The van der Waals surface area contributed by atoms with Gasteiger partial charge >= 0.3 is 0 Å². The van der Waals surface area contributed by atoms with Crippen molar-refractivity contribution in [1.82, 2.24) is 10.3 Å². The minimum atomic E-state index is -0.121. The number of halogens is 1. The third kappa shape index (κ3) is 3.87. The number of carbonyl (C=O) groups is 1. The predicted octanol–water partition coefficient (Wildman–Crippen LogP) is 1.59. The Hall–Kier alpha value is -0.420. The van der Waals surface area contributed by atoms with Gasteiger partial charge in [0.2, 0.25) is 5.91 Å². The summed E-state index contributed by atoms with van der Waals surface area (Å²) in [6.07, 6.45) is 2.58. The van der Waals surface area contributed by atoms with E-state index in [1.54, 1.807) is 24.5 Å². The molecule has 1 aromatic heterocycles. The zero-order valence-corrected chi connectivity index (χ0v) is 9.69. The third-order valence-corrected chi connectivity index (χ3v) is 2.74. The summed E-state index contributed by atoms with van der Waals surface area (Å²) in [7, 11) is 0. The second-order valence-corrected chi connectivity index (χ2v) is 4.94. The van der Waals surface area contributed by atoms with Crippen molar-refractivity contribution in [2.24, 2.45) is 0 Å². The van der Waals surface area contributed by atoms with Crippen molar-refractivity contribution in [3.8, 4) is 0 Å². The summed E-state index contributed by atoms with van der Waals surface area (Å²) in [5.74, 6) is 0.0246. The average molecular weight is 263 g/mol. The van der Waals surface area contributed by atoms with E-state index in [9.17, 15) is 4.79 Å². The molecular weight excluding hydrogens is 252 g/mol. The molecule has 0 radical (unpaired) electrons. The van der Waals surface area contributed by atoms with Gasteiger partial charge in [0.25, 0.3) is 0 Å². The fourth-order valence-corrected chi connectivity index (χ4v) is 1.59. The molecular formula is C8H11BrN2OS. The van der Waals surface area contributed by atoms with Crippen LogP contribution < -0.4 is 5.32 Å². The smallest absolute Gasteiger partial charge is 0.233 e. The number of nitrogens with zero attached hydrogens (tertiary/aromatic N) is 1. The Kier molecular flexibility index (Phi) is 4.38. The molecule has 1 rings (SSSR count). The summed E-state index contributed by atoms with van der Waals surface area (Å²) < 4.78 is 0. The van der Waals surface area contributed by atoms with Crippen LogP contribution in [0.25, 0.3) is 0 Å². The Labute approximate surface area is 89.7 Å². The first kappa shape index (κ1) is 10.7. The minimum Gasteiger partial charge on any atom is -0.355 e. The van der Waals surface area contributed by atoms with E-state index >= 15 is 0 Å². The SMILES string of the molecule is CC(Br)C(=O)NCCc1nccs1. The number of alkyl halides is 1. The number of aromatic nitrogens is 1. The number of nitrogens with one attached hydrogen (secondary N) is 1. The standard InChI is InChI=1S/C8H11BrN2OS/c1-6(9)8(12)11-3-2-7-10-4-5-13-7/h4-6H,2-3H2,1H3,(H,11,12). The number of thiazole rings is 1. The molecule has 72 valence electrons. The van der Waals surface area contributed by atoms with Gasteiger partial charge in [-0.1, -0.05) is 15.9 Å². The van der Waals surface area contributed by atoms with Crippen LogP contribution in [0, 0.1) is 0 Å². The van der Waals surface area contributed by atoms with Crippen molar-refractivity contribution in [3.05, 3.63) is 16.6 Å². The fourth-order valence-electron chi connectivity index (χ4n) is 0.810. The molecule has 1 aromatic rings. The molecule has 0 aliphatic rings. The maximum atomic E-state index is 11.1. The van der Waals surface area contributed by atoms with Gasteiger partial charge in [-0.15, -0.1) is 11.3 Å². The first-order chi connectivity index (χ1) is 6.20. The molecule has 0 aliphatic carbocycles. The number of carbonyl (C=O) groups excluding carboxylic acids is 1. The van der Waals surface area contributed by atoms with Crippen LogP contribution in [0.3, 0.4) is 0 Å². The molecule has 1 atom stereocenters. The molecule has 0 fully saturated rings. The van der Waals surface area contributed by atoms with Crippen LogP contribution >= 0.6 is 27.3 Å².